The quantitative estimate of drug-likeness (QED) is 0.332. The van der Waals surface area contributed by atoms with Gasteiger partial charge in [0.05, 0.1) is 0 Å². The van der Waals surface area contributed by atoms with Gasteiger partial charge in [0.15, 0.2) is 0 Å². The molecule has 64 valence electrons. The Bertz CT molecular complexity index is 4.53. The Labute approximate surface area is 81.3 Å². The molecule has 0 saturated heterocycles. The average Bonchev–Trinajstić information content (AvgIpc) is 0. The molecule has 0 fully saturated rings. The molecule has 0 radical (unpaired) electrons. The fourth-order valence-electron chi connectivity index (χ4n) is 0. The molecule has 0 amide bonds. The Balaban J connectivity index is 0. The van der Waals surface area contributed by atoms with E-state index in [4.69, 9.17) is 0 Å². The minimum Gasteiger partial charge on any atom is -0.870 e. The van der Waals surface area contributed by atoms with Crippen molar-refractivity contribution in [3.63, 3.8) is 0 Å². The van der Waals surface area contributed by atoms with Gasteiger partial charge < -0.3 is 43.8 Å². The second-order valence-electron chi connectivity index (χ2n) is 0. The molecule has 9 heavy (non-hydrogen) atoms. The van der Waals surface area contributed by atoms with Gasteiger partial charge in [0.25, 0.3) is 0 Å². The van der Waals surface area contributed by atoms with Crippen LogP contribution in [0.3, 0.4) is 0 Å². The second kappa shape index (κ2) is 638. The van der Waals surface area contributed by atoms with Crippen molar-refractivity contribution < 1.29 is 43.8 Å². The van der Waals surface area contributed by atoms with Crippen LogP contribution in [0.15, 0.2) is 0 Å². The third-order valence-corrected chi connectivity index (χ3v) is 0. The standard InChI is InChI=1S/Ca.8H2O/h;8*1H2/q+2;;;;;;;;/p-2. The van der Waals surface area contributed by atoms with E-state index in [1.807, 2.05) is 0 Å². The molecule has 0 aliphatic rings. The van der Waals surface area contributed by atoms with E-state index in [1.54, 1.807) is 0 Å². The summed E-state index contributed by atoms with van der Waals surface area (Å²) in [5.41, 5.74) is 0. The van der Waals surface area contributed by atoms with Gasteiger partial charge in [-0.3, -0.25) is 0 Å². The third-order valence-electron chi connectivity index (χ3n) is 0. The predicted molar refractivity (Wildman–Crippen MR) is 31.3 cm³/mol. The molecule has 14 N–H and O–H groups in total. The van der Waals surface area contributed by atoms with Crippen molar-refractivity contribution in [1.29, 1.82) is 0 Å². The normalized spacial score (nSPS) is 0. The maximum atomic E-state index is 0. The first kappa shape index (κ1) is 900. The third kappa shape index (κ3) is 488. The topological polar surface area (TPSA) is 249 Å². The van der Waals surface area contributed by atoms with E-state index in [2.05, 4.69) is 0 Å². The van der Waals surface area contributed by atoms with Crippen LogP contribution in [-0.4, -0.2) is 81.5 Å². The summed E-state index contributed by atoms with van der Waals surface area (Å²) in [6.07, 6.45) is 0. The van der Waals surface area contributed by atoms with Gasteiger partial charge in [-0.15, -0.1) is 0 Å². The molecule has 0 heterocycles. The van der Waals surface area contributed by atoms with Crippen LogP contribution in [0.25, 0.3) is 0 Å². The van der Waals surface area contributed by atoms with E-state index in [0.717, 1.165) is 0 Å². The summed E-state index contributed by atoms with van der Waals surface area (Å²) in [5.74, 6) is 0. The minimum atomic E-state index is 0. The molecule has 0 rings (SSSR count). The Hall–Kier alpha value is 0.940. The Morgan fingerprint density at radius 3 is 0.333 bits per heavy atom. The molecule has 0 atom stereocenters. The Morgan fingerprint density at radius 1 is 0.333 bits per heavy atom. The van der Waals surface area contributed by atoms with E-state index in [9.17, 15) is 0 Å². The van der Waals surface area contributed by atoms with Gasteiger partial charge in [-0.1, -0.05) is 0 Å². The zero-order valence-corrected chi connectivity index (χ0v) is 6.81. The van der Waals surface area contributed by atoms with Gasteiger partial charge in [-0.25, -0.2) is 0 Å². The van der Waals surface area contributed by atoms with Crippen LogP contribution in [0.1, 0.15) is 0 Å². The average molecular weight is 182 g/mol. The van der Waals surface area contributed by atoms with Gasteiger partial charge in [0.2, 0.25) is 0 Å². The minimum absolute atomic E-state index is 0. The van der Waals surface area contributed by atoms with E-state index in [-0.39, 0.29) is 81.5 Å². The van der Waals surface area contributed by atoms with Crippen molar-refractivity contribution in [3.05, 3.63) is 0 Å². The largest absolute Gasteiger partial charge is 2.00 e. The summed E-state index contributed by atoms with van der Waals surface area (Å²) in [5, 5.41) is 0. The van der Waals surface area contributed by atoms with Crippen LogP contribution in [0.2, 0.25) is 0 Å². The molecule has 0 aromatic carbocycles. The maximum Gasteiger partial charge on any atom is 2.00 e. The van der Waals surface area contributed by atoms with Crippen LogP contribution in [0.4, 0.5) is 0 Å². The maximum absolute atomic E-state index is 0. The molecular formula is H14CaO8. The van der Waals surface area contributed by atoms with E-state index >= 15 is 0 Å². The zero-order chi connectivity index (χ0) is 0. The summed E-state index contributed by atoms with van der Waals surface area (Å²) < 4.78 is 0. The fraction of sp³-hybridized carbons (Fsp3) is 0. The summed E-state index contributed by atoms with van der Waals surface area (Å²) in [6.45, 7) is 0. The molecule has 0 aromatic heterocycles. The van der Waals surface area contributed by atoms with E-state index < -0.39 is 0 Å². The van der Waals surface area contributed by atoms with Crippen molar-refractivity contribution in [2.45, 2.75) is 0 Å². The first-order chi connectivity index (χ1) is 0. The Kier molecular flexibility index (Phi) is 63800. The zero-order valence-electron chi connectivity index (χ0n) is 4.60. The molecule has 0 unspecified atom stereocenters. The molecule has 0 spiro atoms. The molecule has 0 saturated carbocycles. The first-order valence-electron chi connectivity index (χ1n) is 0. The Morgan fingerprint density at radius 2 is 0.333 bits per heavy atom. The van der Waals surface area contributed by atoms with Crippen LogP contribution >= 0.6 is 0 Å². The molecule has 0 aliphatic heterocycles. The molecule has 9 heteroatoms. The number of hydrogen-bond acceptors (Lipinski definition) is 2. The first-order valence-corrected chi connectivity index (χ1v) is 0. The van der Waals surface area contributed by atoms with Crippen molar-refractivity contribution in [2.24, 2.45) is 0 Å². The number of hydrogen-bond donors (Lipinski definition) is 0. The van der Waals surface area contributed by atoms with Crippen molar-refractivity contribution in [3.8, 4) is 0 Å². The smallest absolute Gasteiger partial charge is 0.870 e. The second-order valence-corrected chi connectivity index (χ2v) is 0. The van der Waals surface area contributed by atoms with Gasteiger partial charge in [-0.2, -0.15) is 0 Å². The van der Waals surface area contributed by atoms with Crippen molar-refractivity contribution in [1.82, 2.24) is 0 Å². The van der Waals surface area contributed by atoms with Gasteiger partial charge in [0, 0.05) is 0 Å². The van der Waals surface area contributed by atoms with Crippen LogP contribution < -0.4 is 0 Å². The molecular weight excluding hydrogens is 168 g/mol. The van der Waals surface area contributed by atoms with Crippen LogP contribution in [0, 0.1) is 0 Å². The van der Waals surface area contributed by atoms with Crippen molar-refractivity contribution >= 4 is 37.7 Å². The van der Waals surface area contributed by atoms with Gasteiger partial charge in [-0.05, 0) is 0 Å². The van der Waals surface area contributed by atoms with Gasteiger partial charge in [0.1, 0.15) is 0 Å². The van der Waals surface area contributed by atoms with Crippen molar-refractivity contribution in [2.75, 3.05) is 0 Å². The molecule has 8 nitrogen and oxygen atoms in total. The SMILES string of the molecule is O.O.O.O.O.O.[Ca+2].[OH-].[OH-]. The number of rotatable bonds is 0. The monoisotopic (exact) mass is 182 g/mol. The summed E-state index contributed by atoms with van der Waals surface area (Å²) >= 11 is 0. The fourth-order valence-corrected chi connectivity index (χ4v) is 0. The summed E-state index contributed by atoms with van der Waals surface area (Å²) in [4.78, 5) is 0. The van der Waals surface area contributed by atoms with Crippen LogP contribution in [-0.2, 0) is 0 Å². The van der Waals surface area contributed by atoms with E-state index in [1.165, 1.54) is 0 Å². The predicted octanol–water partition coefficient (Wildman–Crippen LogP) is -5.68. The van der Waals surface area contributed by atoms with Crippen LogP contribution in [0.5, 0.6) is 0 Å². The summed E-state index contributed by atoms with van der Waals surface area (Å²) in [6, 6.07) is 0. The summed E-state index contributed by atoms with van der Waals surface area (Å²) in [7, 11) is 0. The van der Waals surface area contributed by atoms with E-state index in [0.29, 0.717) is 0 Å². The molecule has 0 aromatic rings. The molecule has 0 aliphatic carbocycles. The molecule has 0 bridgehead atoms. The van der Waals surface area contributed by atoms with Gasteiger partial charge >= 0.3 is 37.7 Å².